The topological polar surface area (TPSA) is 59.4 Å². The molecule has 5 nitrogen and oxygen atoms in total. The molecule has 0 fully saturated rings. The van der Waals surface area contributed by atoms with Crippen LogP contribution in [0.5, 0.6) is 0 Å². The van der Waals surface area contributed by atoms with Crippen molar-refractivity contribution in [2.45, 2.75) is 13.3 Å². The fraction of sp³-hybridized carbons (Fsp3) is 0.333. The number of aromatic amines is 1. The van der Waals surface area contributed by atoms with E-state index in [1.54, 1.807) is 10.7 Å². The number of esters is 1. The SMILES string of the molecule is COC(=O)Cc1cn2[nH]c(C)cc2n1. The first-order valence-electron chi connectivity index (χ1n) is 4.29. The predicted octanol–water partition coefficient (Wildman–Crippen LogP) is 0.686. The number of nitrogens with zero attached hydrogens (tertiary/aromatic N) is 2. The van der Waals surface area contributed by atoms with E-state index in [1.807, 2.05) is 13.0 Å². The number of aromatic nitrogens is 3. The van der Waals surface area contributed by atoms with Gasteiger partial charge in [0.1, 0.15) is 0 Å². The fourth-order valence-corrected chi connectivity index (χ4v) is 1.36. The van der Waals surface area contributed by atoms with E-state index in [9.17, 15) is 4.79 Å². The van der Waals surface area contributed by atoms with Crippen molar-refractivity contribution in [3.63, 3.8) is 0 Å². The molecule has 0 spiro atoms. The Morgan fingerprint density at radius 3 is 3.14 bits per heavy atom. The van der Waals surface area contributed by atoms with Gasteiger partial charge in [0.25, 0.3) is 0 Å². The lowest BCUT2D eigenvalue weighted by Gasteiger charge is -1.93. The van der Waals surface area contributed by atoms with E-state index in [2.05, 4.69) is 14.8 Å². The van der Waals surface area contributed by atoms with Crippen LogP contribution in [-0.2, 0) is 16.0 Å². The lowest BCUT2D eigenvalue weighted by molar-refractivity contribution is -0.139. The fourth-order valence-electron chi connectivity index (χ4n) is 1.36. The quantitative estimate of drug-likeness (QED) is 0.714. The van der Waals surface area contributed by atoms with E-state index in [0.29, 0.717) is 5.69 Å². The summed E-state index contributed by atoms with van der Waals surface area (Å²) in [5.74, 6) is -0.275. The molecule has 0 unspecified atom stereocenters. The minimum atomic E-state index is -0.275. The molecule has 2 aromatic heterocycles. The molecule has 0 saturated heterocycles. The van der Waals surface area contributed by atoms with Crippen LogP contribution >= 0.6 is 0 Å². The third-order valence-corrected chi connectivity index (χ3v) is 1.98. The summed E-state index contributed by atoms with van der Waals surface area (Å²) < 4.78 is 6.34. The molecule has 0 bridgehead atoms. The van der Waals surface area contributed by atoms with Gasteiger partial charge in [-0.2, -0.15) is 0 Å². The zero-order chi connectivity index (χ0) is 10.1. The van der Waals surface area contributed by atoms with E-state index in [1.165, 1.54) is 7.11 Å². The zero-order valence-corrected chi connectivity index (χ0v) is 8.07. The van der Waals surface area contributed by atoms with Crippen LogP contribution in [-0.4, -0.2) is 27.7 Å². The van der Waals surface area contributed by atoms with E-state index in [-0.39, 0.29) is 12.4 Å². The Hall–Kier alpha value is -1.78. The van der Waals surface area contributed by atoms with Gasteiger partial charge in [-0.05, 0) is 6.92 Å². The van der Waals surface area contributed by atoms with Gasteiger partial charge in [-0.15, -0.1) is 0 Å². The van der Waals surface area contributed by atoms with Crippen molar-refractivity contribution in [3.05, 3.63) is 23.7 Å². The van der Waals surface area contributed by atoms with E-state index in [4.69, 9.17) is 0 Å². The average Bonchev–Trinajstić information content (AvgIpc) is 2.60. The molecule has 5 heteroatoms. The summed E-state index contributed by atoms with van der Waals surface area (Å²) in [4.78, 5) is 15.2. The second kappa shape index (κ2) is 3.17. The van der Waals surface area contributed by atoms with Crippen LogP contribution in [0.25, 0.3) is 5.65 Å². The number of rotatable bonds is 2. The van der Waals surface area contributed by atoms with Crippen LogP contribution in [0.3, 0.4) is 0 Å². The van der Waals surface area contributed by atoms with Crippen LogP contribution in [0.1, 0.15) is 11.4 Å². The van der Waals surface area contributed by atoms with Crippen LogP contribution < -0.4 is 0 Å². The molecular formula is C9H11N3O2. The molecule has 0 aliphatic heterocycles. The second-order valence-corrected chi connectivity index (χ2v) is 3.15. The van der Waals surface area contributed by atoms with Gasteiger partial charge in [0.15, 0.2) is 5.65 Å². The number of ether oxygens (including phenoxy) is 1. The Kier molecular flexibility index (Phi) is 1.99. The Morgan fingerprint density at radius 1 is 1.71 bits per heavy atom. The summed E-state index contributed by atoms with van der Waals surface area (Å²) in [6.07, 6.45) is 2.00. The highest BCUT2D eigenvalue weighted by molar-refractivity contribution is 5.72. The van der Waals surface area contributed by atoms with Crippen molar-refractivity contribution in [1.29, 1.82) is 0 Å². The summed E-state index contributed by atoms with van der Waals surface area (Å²) >= 11 is 0. The second-order valence-electron chi connectivity index (χ2n) is 3.15. The number of carbonyl (C=O) groups is 1. The van der Waals surface area contributed by atoms with Gasteiger partial charge < -0.3 is 4.74 Å². The predicted molar refractivity (Wildman–Crippen MR) is 50.0 cm³/mol. The van der Waals surface area contributed by atoms with E-state index in [0.717, 1.165) is 11.3 Å². The number of aryl methyl sites for hydroxylation is 1. The number of imidazole rings is 1. The van der Waals surface area contributed by atoms with Crippen molar-refractivity contribution >= 4 is 11.6 Å². The maximum Gasteiger partial charge on any atom is 0.311 e. The molecule has 1 N–H and O–H groups in total. The van der Waals surface area contributed by atoms with Crippen molar-refractivity contribution in [3.8, 4) is 0 Å². The van der Waals surface area contributed by atoms with Crippen LogP contribution in [0.4, 0.5) is 0 Å². The van der Waals surface area contributed by atoms with Crippen molar-refractivity contribution in [2.75, 3.05) is 7.11 Å². The molecule has 2 rings (SSSR count). The normalized spacial score (nSPS) is 10.7. The van der Waals surface area contributed by atoms with Crippen molar-refractivity contribution < 1.29 is 9.53 Å². The highest BCUT2D eigenvalue weighted by Crippen LogP contribution is 2.07. The lowest BCUT2D eigenvalue weighted by Crippen LogP contribution is -2.04. The molecule has 0 aromatic carbocycles. The molecule has 0 aliphatic rings. The van der Waals surface area contributed by atoms with Gasteiger partial charge in [-0.1, -0.05) is 0 Å². The first kappa shape index (κ1) is 8.80. The van der Waals surface area contributed by atoms with Crippen LogP contribution in [0, 0.1) is 6.92 Å². The number of fused-ring (bicyclic) bond motifs is 1. The van der Waals surface area contributed by atoms with Crippen molar-refractivity contribution in [2.24, 2.45) is 0 Å². The van der Waals surface area contributed by atoms with Crippen molar-refractivity contribution in [1.82, 2.24) is 14.6 Å². The minimum Gasteiger partial charge on any atom is -0.469 e. The standard InChI is InChI=1S/C9H11N3O2/c1-6-3-8-10-7(4-9(13)14-2)5-12(8)11-6/h3,5,11H,4H2,1-2H3. The molecular weight excluding hydrogens is 182 g/mol. The maximum atomic E-state index is 11.0. The summed E-state index contributed by atoms with van der Waals surface area (Å²) in [5.41, 5.74) is 2.57. The number of nitrogens with one attached hydrogen (secondary N) is 1. The maximum absolute atomic E-state index is 11.0. The highest BCUT2D eigenvalue weighted by atomic mass is 16.5. The Balaban J connectivity index is 2.27. The minimum absolute atomic E-state index is 0.213. The van der Waals surface area contributed by atoms with Gasteiger partial charge in [-0.3, -0.25) is 9.89 Å². The Morgan fingerprint density at radius 2 is 2.50 bits per heavy atom. The summed E-state index contributed by atoms with van der Waals surface area (Å²) in [6.45, 7) is 1.95. The third kappa shape index (κ3) is 1.48. The highest BCUT2D eigenvalue weighted by Gasteiger charge is 2.08. The molecule has 0 atom stereocenters. The number of methoxy groups -OCH3 is 1. The van der Waals surface area contributed by atoms with Gasteiger partial charge in [0, 0.05) is 11.8 Å². The Bertz CT molecular complexity index is 438. The first-order chi connectivity index (χ1) is 6.69. The number of H-pyrrole nitrogens is 1. The largest absolute Gasteiger partial charge is 0.469 e. The molecule has 0 radical (unpaired) electrons. The summed E-state index contributed by atoms with van der Waals surface area (Å²) in [7, 11) is 1.37. The van der Waals surface area contributed by atoms with E-state index >= 15 is 0 Å². The smallest absolute Gasteiger partial charge is 0.311 e. The Labute approximate surface area is 80.7 Å². The van der Waals surface area contributed by atoms with Gasteiger partial charge >= 0.3 is 5.97 Å². The molecule has 74 valence electrons. The summed E-state index contributed by atoms with van der Waals surface area (Å²) in [6, 6.07) is 1.92. The molecule has 14 heavy (non-hydrogen) atoms. The van der Waals surface area contributed by atoms with Gasteiger partial charge in [-0.25, -0.2) is 9.50 Å². The number of hydrogen-bond donors (Lipinski definition) is 1. The number of carbonyl (C=O) groups excluding carboxylic acids is 1. The molecule has 0 aliphatic carbocycles. The lowest BCUT2D eigenvalue weighted by atomic mass is 10.3. The van der Waals surface area contributed by atoms with Crippen LogP contribution in [0.15, 0.2) is 12.3 Å². The van der Waals surface area contributed by atoms with Gasteiger partial charge in [0.2, 0.25) is 0 Å². The molecule has 0 amide bonds. The van der Waals surface area contributed by atoms with Gasteiger partial charge in [0.05, 0.1) is 25.4 Å². The number of hydrogen-bond acceptors (Lipinski definition) is 3. The molecule has 0 saturated carbocycles. The zero-order valence-electron chi connectivity index (χ0n) is 8.07. The van der Waals surface area contributed by atoms with E-state index < -0.39 is 0 Å². The summed E-state index contributed by atoms with van der Waals surface area (Å²) in [5, 5.41) is 3.07. The molecule has 2 aromatic rings. The monoisotopic (exact) mass is 193 g/mol. The third-order valence-electron chi connectivity index (χ3n) is 1.98. The molecule has 2 heterocycles. The average molecular weight is 193 g/mol. The van der Waals surface area contributed by atoms with Crippen LogP contribution in [0.2, 0.25) is 0 Å². The first-order valence-corrected chi connectivity index (χ1v) is 4.29.